The fraction of sp³-hybridized carbons (Fsp3) is 0.400. The highest BCUT2D eigenvalue weighted by Gasteiger charge is 2.44. The molecule has 0 saturated carbocycles. The first-order valence-corrected chi connectivity index (χ1v) is 18.5. The molecule has 1 unspecified atom stereocenters. The van der Waals surface area contributed by atoms with Gasteiger partial charge in [-0.2, -0.15) is 4.73 Å². The molecule has 3 fully saturated rings. The van der Waals surface area contributed by atoms with Gasteiger partial charge in [-0.25, -0.2) is 9.59 Å². The number of hydrogen-bond donors (Lipinski definition) is 2. The van der Waals surface area contributed by atoms with Crippen LogP contribution >= 0.6 is 45.9 Å². The van der Waals surface area contributed by atoms with E-state index in [0.717, 1.165) is 30.8 Å². The quantitative estimate of drug-likeness (QED) is 0.0962. The molecule has 4 aromatic rings. The molecular weight excluding hydrogens is 725 g/mol. The van der Waals surface area contributed by atoms with Crippen LogP contribution in [0.25, 0.3) is 0 Å². The van der Waals surface area contributed by atoms with E-state index in [2.05, 4.69) is 10.2 Å². The molecule has 2 bridgehead atoms. The average molecular weight is 763 g/mol. The van der Waals surface area contributed by atoms with Crippen molar-refractivity contribution >= 4 is 57.8 Å². The summed E-state index contributed by atoms with van der Waals surface area (Å²) in [5, 5.41) is 28.8. The van der Waals surface area contributed by atoms with Crippen LogP contribution in [0.3, 0.4) is 0 Å². The van der Waals surface area contributed by atoms with Gasteiger partial charge < -0.3 is 34.6 Å². The van der Waals surface area contributed by atoms with Crippen LogP contribution in [0.5, 0.6) is 11.5 Å². The average Bonchev–Trinajstić information content (AvgIpc) is 3.83. The summed E-state index contributed by atoms with van der Waals surface area (Å²) in [6.45, 7) is 2.93. The molecule has 11 nitrogen and oxygen atoms in total. The lowest BCUT2D eigenvalue weighted by atomic mass is 9.85. The number of ether oxygens (including phenoxy) is 4. The van der Waals surface area contributed by atoms with Crippen molar-refractivity contribution < 1.29 is 38.4 Å². The number of hydrogen-bond acceptors (Lipinski definition) is 12. The number of carbonyl (C=O) groups excluding carboxylic acids is 2. The minimum atomic E-state index is -1.86. The van der Waals surface area contributed by atoms with E-state index in [-0.39, 0.29) is 35.7 Å². The zero-order chi connectivity index (χ0) is 35.4. The van der Waals surface area contributed by atoms with Crippen LogP contribution in [0.1, 0.15) is 49.5 Å². The molecule has 1 aromatic carbocycles. The lowest BCUT2D eigenvalue weighted by Gasteiger charge is -2.44. The lowest BCUT2D eigenvalue weighted by Crippen LogP contribution is -2.54. The maximum atomic E-state index is 13.5. The van der Waals surface area contributed by atoms with E-state index in [0.29, 0.717) is 49.6 Å². The van der Waals surface area contributed by atoms with Crippen molar-refractivity contribution in [3.63, 3.8) is 0 Å². The number of aromatic nitrogens is 1. The van der Waals surface area contributed by atoms with Crippen LogP contribution in [0.15, 0.2) is 60.2 Å². The first-order valence-electron chi connectivity index (χ1n) is 16.1. The van der Waals surface area contributed by atoms with Crippen LogP contribution in [0, 0.1) is 11.1 Å². The number of aliphatic hydroxyl groups is 1. The molecule has 0 amide bonds. The Morgan fingerprint density at radius 2 is 1.84 bits per heavy atom. The molecular formula is C35H37Cl2N3O8S2. The Bertz CT molecular complexity index is 1790. The molecule has 0 spiro atoms. The number of piperidine rings is 3. The monoisotopic (exact) mass is 761 g/mol. The predicted molar refractivity (Wildman–Crippen MR) is 190 cm³/mol. The second-order valence-corrected chi connectivity index (χ2v) is 15.2. The first-order chi connectivity index (χ1) is 24.1. The highest BCUT2D eigenvalue weighted by Crippen LogP contribution is 2.37. The highest BCUT2D eigenvalue weighted by molar-refractivity contribution is 7.13. The maximum Gasteiger partial charge on any atom is 0.348 e. The van der Waals surface area contributed by atoms with E-state index < -0.39 is 23.6 Å². The third-order valence-corrected chi connectivity index (χ3v) is 11.9. The van der Waals surface area contributed by atoms with Crippen LogP contribution in [0.4, 0.5) is 0 Å². The number of carbonyl (C=O) groups is 2. The molecule has 15 heteroatoms. The van der Waals surface area contributed by atoms with Gasteiger partial charge in [-0.1, -0.05) is 35.3 Å². The molecule has 2 N–H and O–H groups in total. The number of thiophene rings is 2. The fourth-order valence-electron chi connectivity index (χ4n) is 6.38. The normalized spacial score (nSPS) is 20.1. The van der Waals surface area contributed by atoms with Gasteiger partial charge in [0.2, 0.25) is 5.60 Å². The van der Waals surface area contributed by atoms with Gasteiger partial charge in [0, 0.05) is 41.4 Å². The molecule has 0 radical (unpaired) electrons. The second-order valence-electron chi connectivity index (χ2n) is 12.3. The molecule has 3 aliphatic heterocycles. The lowest BCUT2D eigenvalue weighted by molar-refractivity contribution is -0.605. The molecule has 3 aromatic heterocycles. The molecule has 50 heavy (non-hydrogen) atoms. The van der Waals surface area contributed by atoms with Crippen molar-refractivity contribution in [2.75, 3.05) is 40.4 Å². The summed E-state index contributed by atoms with van der Waals surface area (Å²) in [6.07, 6.45) is 3.34. The molecule has 3 atom stereocenters. The Kier molecular flexibility index (Phi) is 11.5. The third kappa shape index (κ3) is 8.04. The van der Waals surface area contributed by atoms with Crippen LogP contribution < -0.4 is 19.5 Å². The largest absolute Gasteiger partial charge is 0.619 e. The summed E-state index contributed by atoms with van der Waals surface area (Å²) in [6, 6.07) is 12.1. The minimum Gasteiger partial charge on any atom is -0.619 e. The molecule has 3 saturated heterocycles. The van der Waals surface area contributed by atoms with E-state index in [4.69, 9.17) is 42.1 Å². The number of pyridine rings is 1. The Hall–Kier alpha value is -3.43. The number of benzene rings is 1. The number of esters is 2. The Labute approximate surface area is 307 Å². The standard InChI is InChI=1S/C35H37Cl2N3O8S2/c1-45-27-7-5-22(14-29(27)46-2)28(15-24-25(36)17-40(44)18-26(24)37)47-33(41)31-8-6-23(50-31)16-38-20-35(43,32-4-3-13-49-32)34(42)48-30-19-39-11-9-21(30)10-12-39/h3-8,13-14,17-18,21,28,30,38,43H,9-12,15-16,19-20H2,1-2H3/t28-,30-,35?/m0/s1. The smallest absolute Gasteiger partial charge is 0.348 e. The van der Waals surface area contributed by atoms with E-state index in [1.54, 1.807) is 42.5 Å². The van der Waals surface area contributed by atoms with Crippen LogP contribution in [-0.2, 0) is 32.8 Å². The van der Waals surface area contributed by atoms with Crippen LogP contribution in [-0.4, -0.2) is 68.4 Å². The van der Waals surface area contributed by atoms with Gasteiger partial charge in [0.05, 0.1) is 14.2 Å². The van der Waals surface area contributed by atoms with Crippen molar-refractivity contribution in [2.45, 2.75) is 43.6 Å². The van der Waals surface area contributed by atoms with Gasteiger partial charge in [0.25, 0.3) is 0 Å². The van der Waals surface area contributed by atoms with E-state index in [9.17, 15) is 19.9 Å². The number of halogens is 2. The Balaban J connectivity index is 1.14. The van der Waals surface area contributed by atoms with Gasteiger partial charge in [-0.05, 0) is 73.1 Å². The summed E-state index contributed by atoms with van der Waals surface area (Å²) in [5.74, 6) is 0.00351. The Morgan fingerprint density at radius 3 is 2.48 bits per heavy atom. The summed E-state index contributed by atoms with van der Waals surface area (Å²) < 4.78 is 23.3. The number of methoxy groups -OCH3 is 2. The topological polar surface area (TPSA) is 134 Å². The number of rotatable bonds is 14. The van der Waals surface area contributed by atoms with Gasteiger partial charge >= 0.3 is 11.9 Å². The number of nitrogens with one attached hydrogen (secondary N) is 1. The van der Waals surface area contributed by atoms with Crippen LogP contribution in [0.2, 0.25) is 10.0 Å². The summed E-state index contributed by atoms with van der Waals surface area (Å²) in [4.78, 5) is 31.0. The van der Waals surface area contributed by atoms with E-state index >= 15 is 0 Å². The summed E-state index contributed by atoms with van der Waals surface area (Å²) >= 11 is 15.3. The zero-order valence-corrected chi connectivity index (χ0v) is 30.6. The number of fused-ring (bicyclic) bond motifs is 3. The molecule has 0 aliphatic carbocycles. The Morgan fingerprint density at radius 1 is 1.10 bits per heavy atom. The maximum absolute atomic E-state index is 13.5. The van der Waals surface area contributed by atoms with Crippen molar-refractivity contribution in [1.82, 2.24) is 10.2 Å². The van der Waals surface area contributed by atoms with E-state index in [1.807, 2.05) is 5.38 Å². The molecule has 3 aliphatic rings. The molecule has 7 rings (SSSR count). The van der Waals surface area contributed by atoms with Crippen molar-refractivity contribution in [2.24, 2.45) is 5.92 Å². The van der Waals surface area contributed by atoms with Gasteiger partial charge in [0.1, 0.15) is 27.1 Å². The third-order valence-electron chi connectivity index (χ3n) is 9.14. The first kappa shape index (κ1) is 36.4. The molecule has 266 valence electrons. The van der Waals surface area contributed by atoms with Crippen molar-refractivity contribution in [3.8, 4) is 11.5 Å². The second kappa shape index (κ2) is 15.9. The van der Waals surface area contributed by atoms with E-state index in [1.165, 1.54) is 49.3 Å². The number of nitrogens with zero attached hydrogens (tertiary/aromatic N) is 2. The van der Waals surface area contributed by atoms with Crippen molar-refractivity contribution in [3.05, 3.63) is 101 Å². The predicted octanol–water partition coefficient (Wildman–Crippen LogP) is 5.52. The van der Waals surface area contributed by atoms with Gasteiger partial charge in [0.15, 0.2) is 23.9 Å². The van der Waals surface area contributed by atoms with Gasteiger partial charge in [-0.3, -0.25) is 4.90 Å². The zero-order valence-electron chi connectivity index (χ0n) is 27.4. The summed E-state index contributed by atoms with van der Waals surface area (Å²) in [5.41, 5.74) is -0.829. The summed E-state index contributed by atoms with van der Waals surface area (Å²) in [7, 11) is 3.03. The van der Waals surface area contributed by atoms with Gasteiger partial charge in [-0.15, -0.1) is 22.7 Å². The fourth-order valence-corrected chi connectivity index (χ4v) is 8.65. The highest BCUT2D eigenvalue weighted by atomic mass is 35.5. The van der Waals surface area contributed by atoms with Crippen molar-refractivity contribution in [1.29, 1.82) is 0 Å². The minimum absolute atomic E-state index is 0.0749. The molecule has 6 heterocycles. The SMILES string of the molecule is COc1ccc([C@H](Cc2c(Cl)c[n+]([O-])cc2Cl)OC(=O)c2ccc(CNCC(O)(C(=O)O[C@H]3CN4CCC3CC4)c3cccs3)s2)cc1OC.